The number of benzene rings is 1. The molecule has 0 radical (unpaired) electrons. The Balaban J connectivity index is 2.08. The summed E-state index contributed by atoms with van der Waals surface area (Å²) in [6.45, 7) is 9.10. The van der Waals surface area contributed by atoms with Gasteiger partial charge in [-0.25, -0.2) is 4.79 Å². The first kappa shape index (κ1) is 33.0. The van der Waals surface area contributed by atoms with Crippen molar-refractivity contribution in [2.45, 2.75) is 83.5 Å². The number of rotatable bonds is 12. The standard InChI is InChI=1S/C32H46N2O8/c1-8-40-28(37)31(20-33-6)15-17-32(18-16-31,34-29(38)42-30(3,4)5)26(27(35)36)21(2)22-13-14-24(39-7)25(19-22)41-23-11-9-10-12-23/h13-19,21,23,26,33H,8-12,20H2,1-7H3,(H,34,38)(H,35,36). The summed E-state index contributed by atoms with van der Waals surface area (Å²) in [6, 6.07) is 5.40. The Morgan fingerprint density at radius 2 is 1.71 bits per heavy atom. The highest BCUT2D eigenvalue weighted by molar-refractivity contribution is 5.84. The maximum atomic E-state index is 13.1. The van der Waals surface area contributed by atoms with Crippen LogP contribution in [0.3, 0.4) is 0 Å². The summed E-state index contributed by atoms with van der Waals surface area (Å²) >= 11 is 0. The smallest absolute Gasteiger partial charge is 0.408 e. The molecule has 3 rings (SSSR count). The van der Waals surface area contributed by atoms with Crippen LogP contribution < -0.4 is 20.1 Å². The molecular weight excluding hydrogens is 540 g/mol. The molecule has 2 unspecified atom stereocenters. The van der Waals surface area contributed by atoms with Crippen LogP contribution in [0, 0.1) is 11.3 Å². The largest absolute Gasteiger partial charge is 0.493 e. The van der Waals surface area contributed by atoms with Crippen LogP contribution in [0.25, 0.3) is 0 Å². The van der Waals surface area contributed by atoms with Gasteiger partial charge in [0.2, 0.25) is 0 Å². The Morgan fingerprint density at radius 3 is 2.24 bits per heavy atom. The Kier molecular flexibility index (Phi) is 10.7. The minimum atomic E-state index is -1.54. The number of carboxylic acids is 1. The molecule has 0 bridgehead atoms. The average Bonchev–Trinajstić information content (AvgIpc) is 3.42. The van der Waals surface area contributed by atoms with Gasteiger partial charge in [0.25, 0.3) is 0 Å². The normalized spacial score (nSPS) is 23.6. The van der Waals surface area contributed by atoms with Gasteiger partial charge in [-0.1, -0.05) is 37.3 Å². The molecule has 232 valence electrons. The van der Waals surface area contributed by atoms with E-state index in [0.717, 1.165) is 25.7 Å². The first-order chi connectivity index (χ1) is 19.8. The zero-order valence-corrected chi connectivity index (χ0v) is 25.8. The second-order valence-electron chi connectivity index (χ2n) is 12.1. The number of hydrogen-bond donors (Lipinski definition) is 3. The zero-order valence-electron chi connectivity index (χ0n) is 25.8. The first-order valence-electron chi connectivity index (χ1n) is 14.6. The highest BCUT2D eigenvalue weighted by atomic mass is 16.6. The van der Waals surface area contributed by atoms with Gasteiger partial charge < -0.3 is 34.7 Å². The minimum Gasteiger partial charge on any atom is -0.493 e. The molecule has 2 atom stereocenters. The maximum absolute atomic E-state index is 13.1. The molecule has 0 saturated heterocycles. The van der Waals surface area contributed by atoms with Gasteiger partial charge in [0.05, 0.1) is 31.3 Å². The van der Waals surface area contributed by atoms with E-state index >= 15 is 0 Å². The number of esters is 1. The zero-order chi connectivity index (χ0) is 31.1. The first-order valence-corrected chi connectivity index (χ1v) is 14.6. The number of nitrogens with one attached hydrogen (secondary N) is 2. The van der Waals surface area contributed by atoms with Gasteiger partial charge in [0.1, 0.15) is 11.0 Å². The van der Waals surface area contributed by atoms with Crippen LogP contribution in [0.2, 0.25) is 0 Å². The fourth-order valence-corrected chi connectivity index (χ4v) is 5.70. The number of carbonyl (C=O) groups excluding carboxylic acids is 2. The summed E-state index contributed by atoms with van der Waals surface area (Å²) in [5.74, 6) is -2.32. The molecule has 10 nitrogen and oxygen atoms in total. The molecular formula is C32H46N2O8. The lowest BCUT2D eigenvalue weighted by Crippen LogP contribution is -2.57. The lowest BCUT2D eigenvalue weighted by molar-refractivity contribution is -0.149. The van der Waals surface area contributed by atoms with Crippen molar-refractivity contribution >= 4 is 18.0 Å². The lowest BCUT2D eigenvalue weighted by atomic mass is 9.68. The molecule has 3 N–H and O–H groups in total. The fourth-order valence-electron chi connectivity index (χ4n) is 5.70. The molecule has 1 saturated carbocycles. The fraction of sp³-hybridized carbons (Fsp3) is 0.594. The van der Waals surface area contributed by atoms with Crippen LogP contribution >= 0.6 is 0 Å². The van der Waals surface area contributed by atoms with E-state index in [2.05, 4.69) is 10.6 Å². The van der Waals surface area contributed by atoms with Crippen LogP contribution in [0.5, 0.6) is 11.5 Å². The molecule has 42 heavy (non-hydrogen) atoms. The monoisotopic (exact) mass is 586 g/mol. The molecule has 0 spiro atoms. The third-order valence-electron chi connectivity index (χ3n) is 7.75. The number of alkyl carbamates (subject to hydrolysis) is 1. The van der Waals surface area contributed by atoms with Gasteiger partial charge in [-0.3, -0.25) is 9.59 Å². The number of ether oxygens (including phenoxy) is 4. The predicted molar refractivity (Wildman–Crippen MR) is 159 cm³/mol. The molecule has 1 aromatic rings. The van der Waals surface area contributed by atoms with Crippen molar-refractivity contribution in [2.75, 3.05) is 27.3 Å². The predicted octanol–water partition coefficient (Wildman–Crippen LogP) is 4.98. The summed E-state index contributed by atoms with van der Waals surface area (Å²) in [7, 11) is 3.28. The number of carbonyl (C=O) groups is 3. The second-order valence-corrected chi connectivity index (χ2v) is 12.1. The van der Waals surface area contributed by atoms with Crippen molar-refractivity contribution in [3.05, 3.63) is 48.1 Å². The van der Waals surface area contributed by atoms with E-state index in [1.807, 2.05) is 12.1 Å². The van der Waals surface area contributed by atoms with Crippen LogP contribution in [-0.2, 0) is 19.1 Å². The van der Waals surface area contributed by atoms with E-state index in [1.54, 1.807) is 79.1 Å². The molecule has 1 amide bonds. The highest BCUT2D eigenvalue weighted by Crippen LogP contribution is 2.42. The van der Waals surface area contributed by atoms with E-state index in [9.17, 15) is 19.5 Å². The Hall–Kier alpha value is -3.53. The Labute approximate surface area is 248 Å². The van der Waals surface area contributed by atoms with Crippen LogP contribution in [0.15, 0.2) is 42.5 Å². The van der Waals surface area contributed by atoms with Crippen molar-refractivity contribution in [2.24, 2.45) is 11.3 Å². The molecule has 0 aromatic heterocycles. The SMILES string of the molecule is CCOC(=O)C1(CNC)C=CC(NC(=O)OC(C)(C)C)(C(C(=O)O)C(C)c2ccc(OC)c(OC3CCCC3)c2)C=C1. The van der Waals surface area contributed by atoms with Gasteiger partial charge in [-0.2, -0.15) is 0 Å². The van der Waals surface area contributed by atoms with Crippen molar-refractivity contribution in [3.63, 3.8) is 0 Å². The van der Waals surface area contributed by atoms with E-state index in [-0.39, 0.29) is 19.3 Å². The Morgan fingerprint density at radius 1 is 1.07 bits per heavy atom. The van der Waals surface area contributed by atoms with Crippen molar-refractivity contribution in [1.29, 1.82) is 0 Å². The molecule has 1 fully saturated rings. The average molecular weight is 587 g/mol. The Bertz CT molecular complexity index is 1170. The molecule has 1 aromatic carbocycles. The van der Waals surface area contributed by atoms with Crippen molar-refractivity contribution in [1.82, 2.24) is 10.6 Å². The third kappa shape index (κ3) is 7.65. The summed E-state index contributed by atoms with van der Waals surface area (Å²) in [5, 5.41) is 16.5. The van der Waals surface area contributed by atoms with Crippen LogP contribution in [0.4, 0.5) is 4.79 Å². The minimum absolute atomic E-state index is 0.0762. The number of carboxylic acid groups (broad SMARTS) is 1. The van der Waals surface area contributed by atoms with Gasteiger partial charge >= 0.3 is 18.0 Å². The van der Waals surface area contributed by atoms with Gasteiger partial charge in [-0.15, -0.1) is 0 Å². The number of aliphatic carboxylic acids is 1. The summed E-state index contributed by atoms with van der Waals surface area (Å²) < 4.78 is 22.7. The van der Waals surface area contributed by atoms with Crippen LogP contribution in [-0.4, -0.2) is 67.7 Å². The molecule has 2 aliphatic rings. The number of hydrogen-bond acceptors (Lipinski definition) is 8. The van der Waals surface area contributed by atoms with Crippen molar-refractivity contribution in [3.8, 4) is 11.5 Å². The van der Waals surface area contributed by atoms with Gasteiger partial charge in [0.15, 0.2) is 11.5 Å². The second kappa shape index (κ2) is 13.6. The summed E-state index contributed by atoms with van der Waals surface area (Å²) in [5.41, 5.74) is -2.84. The molecule has 0 heterocycles. The van der Waals surface area contributed by atoms with Gasteiger partial charge in [-0.05, 0) is 84.0 Å². The van der Waals surface area contributed by atoms with E-state index in [1.165, 1.54) is 0 Å². The summed E-state index contributed by atoms with van der Waals surface area (Å²) in [6.07, 6.45) is 9.74. The quantitative estimate of drug-likeness (QED) is 0.229. The molecule has 10 heteroatoms. The maximum Gasteiger partial charge on any atom is 0.408 e. The number of methoxy groups -OCH3 is 1. The van der Waals surface area contributed by atoms with E-state index in [0.29, 0.717) is 17.1 Å². The van der Waals surface area contributed by atoms with E-state index in [4.69, 9.17) is 18.9 Å². The number of amides is 1. The summed E-state index contributed by atoms with van der Waals surface area (Å²) in [4.78, 5) is 39.2. The van der Waals surface area contributed by atoms with Gasteiger partial charge in [0, 0.05) is 6.54 Å². The van der Waals surface area contributed by atoms with Crippen molar-refractivity contribution < 1.29 is 38.4 Å². The topological polar surface area (TPSA) is 132 Å². The molecule has 0 aliphatic heterocycles. The lowest BCUT2D eigenvalue weighted by Gasteiger charge is -2.42. The van der Waals surface area contributed by atoms with E-state index < -0.39 is 46.4 Å². The highest BCUT2D eigenvalue weighted by Gasteiger charge is 2.49. The molecule has 2 aliphatic carbocycles. The van der Waals surface area contributed by atoms with Crippen LogP contribution in [0.1, 0.15) is 71.8 Å². The third-order valence-corrected chi connectivity index (χ3v) is 7.75.